The van der Waals surface area contributed by atoms with Crippen LogP contribution < -0.4 is 5.32 Å². The molecule has 0 saturated carbocycles. The van der Waals surface area contributed by atoms with Crippen LogP contribution in [0.1, 0.15) is 6.92 Å². The van der Waals surface area contributed by atoms with E-state index in [1.165, 1.54) is 11.8 Å². The molecule has 0 spiro atoms. The van der Waals surface area contributed by atoms with Crippen LogP contribution in [0.3, 0.4) is 0 Å². The summed E-state index contributed by atoms with van der Waals surface area (Å²) in [5, 5.41) is 2.73. The number of alkyl carbamates (subject to hydrolysis) is 1. The van der Waals surface area contributed by atoms with E-state index in [1.807, 2.05) is 12.1 Å². The van der Waals surface area contributed by atoms with Gasteiger partial charge >= 0.3 is 6.09 Å². The minimum absolute atomic E-state index is 0.291. The standard InChI is InChI=1S/C11H12Cl3NO2S/c1-2-17-11(16)15-10(9(13)14)18-8-5-3-7(12)4-6-8/h3-6,9-10H,2H2,1H3,(H,15,16). The average molecular weight is 329 g/mol. The Labute approximate surface area is 125 Å². The molecule has 7 heteroatoms. The summed E-state index contributed by atoms with van der Waals surface area (Å²) < 4.78 is 4.78. The Hall–Kier alpha value is -0.290. The summed E-state index contributed by atoms with van der Waals surface area (Å²) in [6.45, 7) is 2.01. The van der Waals surface area contributed by atoms with Gasteiger partial charge in [-0.3, -0.25) is 0 Å². The second-order valence-electron chi connectivity index (χ2n) is 3.19. The van der Waals surface area contributed by atoms with Gasteiger partial charge in [0.2, 0.25) is 0 Å². The largest absolute Gasteiger partial charge is 0.450 e. The van der Waals surface area contributed by atoms with E-state index in [2.05, 4.69) is 5.32 Å². The Morgan fingerprint density at radius 2 is 2.00 bits per heavy atom. The number of carbonyl (C=O) groups excluding carboxylic acids is 1. The third-order valence-corrected chi connectivity index (χ3v) is 4.08. The van der Waals surface area contributed by atoms with Gasteiger partial charge in [0.25, 0.3) is 0 Å². The maximum atomic E-state index is 11.3. The first-order chi connectivity index (χ1) is 8.52. The number of hydrogen-bond acceptors (Lipinski definition) is 3. The molecule has 0 bridgehead atoms. The predicted octanol–water partition coefficient (Wildman–Crippen LogP) is 4.31. The Morgan fingerprint density at radius 1 is 1.39 bits per heavy atom. The van der Waals surface area contributed by atoms with Gasteiger partial charge in [-0.25, -0.2) is 4.79 Å². The predicted molar refractivity (Wildman–Crippen MR) is 76.7 cm³/mol. The van der Waals surface area contributed by atoms with E-state index in [1.54, 1.807) is 19.1 Å². The van der Waals surface area contributed by atoms with Crippen molar-refractivity contribution in [3.8, 4) is 0 Å². The van der Waals surface area contributed by atoms with Gasteiger partial charge in [-0.15, -0.1) is 23.2 Å². The van der Waals surface area contributed by atoms with Crippen molar-refractivity contribution < 1.29 is 9.53 Å². The number of carbonyl (C=O) groups is 1. The highest BCUT2D eigenvalue weighted by molar-refractivity contribution is 8.00. The number of amides is 1. The molecular weight excluding hydrogens is 317 g/mol. The van der Waals surface area contributed by atoms with Crippen LogP contribution in [0.4, 0.5) is 4.79 Å². The van der Waals surface area contributed by atoms with Gasteiger partial charge in [-0.2, -0.15) is 0 Å². The van der Waals surface area contributed by atoms with Crippen LogP contribution in [0.5, 0.6) is 0 Å². The summed E-state index contributed by atoms with van der Waals surface area (Å²) in [4.78, 5) is 11.5. The highest BCUT2D eigenvalue weighted by Gasteiger charge is 2.21. The van der Waals surface area contributed by atoms with Crippen molar-refractivity contribution in [1.29, 1.82) is 0 Å². The van der Waals surface area contributed by atoms with Crippen LogP contribution in [0.25, 0.3) is 0 Å². The molecule has 1 rings (SSSR count). The molecule has 0 fully saturated rings. The fourth-order valence-electron chi connectivity index (χ4n) is 1.09. The van der Waals surface area contributed by atoms with E-state index < -0.39 is 16.3 Å². The Balaban J connectivity index is 2.62. The summed E-state index contributed by atoms with van der Waals surface area (Å²) in [7, 11) is 0. The average Bonchev–Trinajstić information content (AvgIpc) is 2.31. The van der Waals surface area contributed by atoms with Gasteiger partial charge < -0.3 is 10.1 Å². The number of ether oxygens (including phenoxy) is 1. The maximum Gasteiger partial charge on any atom is 0.408 e. The Kier molecular flexibility index (Phi) is 7.00. The lowest BCUT2D eigenvalue weighted by Gasteiger charge is -2.18. The van der Waals surface area contributed by atoms with Crippen LogP contribution in [0.15, 0.2) is 29.2 Å². The third-order valence-electron chi connectivity index (χ3n) is 1.84. The number of hydrogen-bond donors (Lipinski definition) is 1. The molecule has 0 aromatic heterocycles. The van der Waals surface area contributed by atoms with Gasteiger partial charge in [0, 0.05) is 9.92 Å². The molecule has 1 N–H and O–H groups in total. The van der Waals surface area contributed by atoms with Crippen LogP contribution in [0, 0.1) is 0 Å². The molecule has 1 unspecified atom stereocenters. The molecule has 0 aliphatic heterocycles. The SMILES string of the molecule is CCOC(=O)NC(Sc1ccc(Cl)cc1)C(Cl)Cl. The zero-order chi connectivity index (χ0) is 13.5. The monoisotopic (exact) mass is 327 g/mol. The molecule has 0 heterocycles. The summed E-state index contributed by atoms with van der Waals surface area (Å²) in [5.41, 5.74) is 0. The van der Waals surface area contributed by atoms with Crippen LogP contribution in [0.2, 0.25) is 5.02 Å². The molecule has 100 valence electrons. The van der Waals surface area contributed by atoms with Crippen molar-refractivity contribution in [1.82, 2.24) is 5.32 Å². The third kappa shape index (κ3) is 5.57. The lowest BCUT2D eigenvalue weighted by Crippen LogP contribution is -2.37. The van der Waals surface area contributed by atoms with Crippen molar-refractivity contribution >= 4 is 52.7 Å². The summed E-state index contributed by atoms with van der Waals surface area (Å²) >= 11 is 18.7. The molecule has 0 aliphatic carbocycles. The fraction of sp³-hybridized carbons (Fsp3) is 0.364. The molecule has 0 radical (unpaired) electrons. The normalized spacial score (nSPS) is 12.3. The minimum atomic E-state index is -0.755. The van der Waals surface area contributed by atoms with Gasteiger partial charge in [-0.05, 0) is 31.2 Å². The van der Waals surface area contributed by atoms with Gasteiger partial charge in [0.1, 0.15) is 10.2 Å². The van der Waals surface area contributed by atoms with E-state index in [-0.39, 0.29) is 0 Å². The number of alkyl halides is 2. The Bertz CT molecular complexity index is 386. The van der Waals surface area contributed by atoms with Crippen molar-refractivity contribution in [2.45, 2.75) is 22.0 Å². The molecule has 0 aliphatic rings. The molecule has 1 atom stereocenters. The maximum absolute atomic E-state index is 11.3. The smallest absolute Gasteiger partial charge is 0.408 e. The molecular formula is C11H12Cl3NO2S. The van der Waals surface area contributed by atoms with Crippen molar-refractivity contribution in [2.75, 3.05) is 6.61 Å². The number of thioether (sulfide) groups is 1. The topological polar surface area (TPSA) is 38.3 Å². The number of halogens is 3. The van der Waals surface area contributed by atoms with E-state index in [0.717, 1.165) is 4.90 Å². The van der Waals surface area contributed by atoms with E-state index >= 15 is 0 Å². The van der Waals surface area contributed by atoms with E-state index in [0.29, 0.717) is 11.6 Å². The highest BCUT2D eigenvalue weighted by Crippen LogP contribution is 2.28. The number of rotatable bonds is 5. The fourth-order valence-corrected chi connectivity index (χ4v) is 2.50. The van der Waals surface area contributed by atoms with E-state index in [9.17, 15) is 4.79 Å². The Morgan fingerprint density at radius 3 is 2.50 bits per heavy atom. The number of benzene rings is 1. The molecule has 1 amide bonds. The van der Waals surface area contributed by atoms with Gasteiger partial charge in [0.05, 0.1) is 6.61 Å². The summed E-state index contributed by atoms with van der Waals surface area (Å²) in [5.74, 6) is 0. The van der Waals surface area contributed by atoms with Crippen molar-refractivity contribution in [2.24, 2.45) is 0 Å². The molecule has 0 saturated heterocycles. The van der Waals surface area contributed by atoms with Gasteiger partial charge in [0.15, 0.2) is 0 Å². The summed E-state index contributed by atoms with van der Waals surface area (Å²) in [6, 6.07) is 7.15. The zero-order valence-corrected chi connectivity index (χ0v) is 12.6. The number of nitrogens with one attached hydrogen (secondary N) is 1. The second kappa shape index (κ2) is 8.00. The lowest BCUT2D eigenvalue weighted by atomic mass is 10.4. The molecule has 1 aromatic carbocycles. The van der Waals surface area contributed by atoms with Crippen molar-refractivity contribution in [3.05, 3.63) is 29.3 Å². The van der Waals surface area contributed by atoms with E-state index in [4.69, 9.17) is 39.5 Å². The zero-order valence-electron chi connectivity index (χ0n) is 9.53. The first-order valence-electron chi connectivity index (χ1n) is 5.16. The first-order valence-corrected chi connectivity index (χ1v) is 7.29. The quantitative estimate of drug-likeness (QED) is 0.497. The minimum Gasteiger partial charge on any atom is -0.450 e. The second-order valence-corrected chi connectivity index (χ2v) is 6.01. The van der Waals surface area contributed by atoms with Crippen LogP contribution in [-0.2, 0) is 4.74 Å². The van der Waals surface area contributed by atoms with Crippen LogP contribution >= 0.6 is 46.6 Å². The van der Waals surface area contributed by atoms with Crippen LogP contribution in [-0.4, -0.2) is 22.9 Å². The summed E-state index contributed by atoms with van der Waals surface area (Å²) in [6.07, 6.45) is -0.546. The highest BCUT2D eigenvalue weighted by atomic mass is 35.5. The van der Waals surface area contributed by atoms with Crippen molar-refractivity contribution in [3.63, 3.8) is 0 Å². The molecule has 3 nitrogen and oxygen atoms in total. The van der Waals surface area contributed by atoms with Gasteiger partial charge in [-0.1, -0.05) is 23.4 Å². The molecule has 1 aromatic rings. The first kappa shape index (κ1) is 15.8. The molecule has 18 heavy (non-hydrogen) atoms. The lowest BCUT2D eigenvalue weighted by molar-refractivity contribution is 0.151.